The number of benzene rings is 2. The molecule has 2 aromatic rings. The summed E-state index contributed by atoms with van der Waals surface area (Å²) in [5.41, 5.74) is 1.15. The van der Waals surface area contributed by atoms with Crippen molar-refractivity contribution in [2.45, 2.75) is 12.5 Å². The van der Waals surface area contributed by atoms with Gasteiger partial charge in [0.25, 0.3) is 0 Å². The third kappa shape index (κ3) is 4.10. The van der Waals surface area contributed by atoms with Crippen LogP contribution in [0.2, 0.25) is 0 Å². The van der Waals surface area contributed by atoms with Crippen LogP contribution in [0.25, 0.3) is 0 Å². The molecule has 3 nitrogen and oxygen atoms in total. The largest absolute Gasteiger partial charge is 0.394 e. The minimum absolute atomic E-state index is 0.0828. The standard InChI is InChI=1S/C16H15F2NO2/c17-13-7-6-11(8-14(13)18)9-16(21)19-15(10-20)12-4-2-1-3-5-12/h1-8,15,20H,9-10H2,(H,19,21)/t15-/m0/s1. The van der Waals surface area contributed by atoms with E-state index in [1.807, 2.05) is 6.07 Å². The average molecular weight is 291 g/mol. The highest BCUT2D eigenvalue weighted by Crippen LogP contribution is 2.13. The quantitative estimate of drug-likeness (QED) is 0.888. The van der Waals surface area contributed by atoms with Gasteiger partial charge in [-0.15, -0.1) is 0 Å². The minimum Gasteiger partial charge on any atom is -0.394 e. The molecule has 0 aromatic heterocycles. The topological polar surface area (TPSA) is 49.3 Å². The monoisotopic (exact) mass is 291 g/mol. The summed E-state index contributed by atoms with van der Waals surface area (Å²) in [6.07, 6.45) is -0.0828. The number of halogens is 2. The molecule has 110 valence electrons. The number of nitrogens with one attached hydrogen (secondary N) is 1. The fraction of sp³-hybridized carbons (Fsp3) is 0.188. The number of aliphatic hydroxyl groups is 1. The normalized spacial score (nSPS) is 12.0. The van der Waals surface area contributed by atoms with Gasteiger partial charge >= 0.3 is 0 Å². The second-order valence-electron chi connectivity index (χ2n) is 4.64. The highest BCUT2D eigenvalue weighted by atomic mass is 19.2. The van der Waals surface area contributed by atoms with Gasteiger partial charge in [0.2, 0.25) is 5.91 Å². The predicted molar refractivity (Wildman–Crippen MR) is 74.5 cm³/mol. The summed E-state index contributed by atoms with van der Waals surface area (Å²) in [6, 6.07) is 11.8. The van der Waals surface area contributed by atoms with Gasteiger partial charge in [0.1, 0.15) is 0 Å². The molecule has 0 heterocycles. The summed E-state index contributed by atoms with van der Waals surface area (Å²) in [5.74, 6) is -2.30. The van der Waals surface area contributed by atoms with E-state index in [1.165, 1.54) is 6.07 Å². The predicted octanol–water partition coefficient (Wildman–Crippen LogP) is 2.36. The van der Waals surface area contributed by atoms with Gasteiger partial charge in [0.05, 0.1) is 19.1 Å². The molecule has 0 spiro atoms. The van der Waals surface area contributed by atoms with Gasteiger partial charge in [0, 0.05) is 0 Å². The van der Waals surface area contributed by atoms with E-state index < -0.39 is 17.7 Å². The number of aliphatic hydroxyl groups excluding tert-OH is 1. The van der Waals surface area contributed by atoms with Crippen molar-refractivity contribution in [3.8, 4) is 0 Å². The van der Waals surface area contributed by atoms with Gasteiger partial charge < -0.3 is 10.4 Å². The van der Waals surface area contributed by atoms with Crippen molar-refractivity contribution in [3.63, 3.8) is 0 Å². The summed E-state index contributed by atoms with van der Waals surface area (Å²) in [4.78, 5) is 11.9. The Kier molecular flexibility index (Phi) is 5.00. The summed E-state index contributed by atoms with van der Waals surface area (Å²) in [6.45, 7) is -0.243. The zero-order valence-electron chi connectivity index (χ0n) is 11.2. The van der Waals surface area contributed by atoms with Crippen LogP contribution < -0.4 is 5.32 Å². The first-order chi connectivity index (χ1) is 10.1. The number of rotatable bonds is 5. The van der Waals surface area contributed by atoms with Gasteiger partial charge in [-0.05, 0) is 23.3 Å². The SMILES string of the molecule is O=C(Cc1ccc(F)c(F)c1)N[C@@H](CO)c1ccccc1. The molecule has 0 aliphatic rings. The lowest BCUT2D eigenvalue weighted by molar-refractivity contribution is -0.121. The van der Waals surface area contributed by atoms with Crippen LogP contribution in [0, 0.1) is 11.6 Å². The Morgan fingerprint density at radius 2 is 1.81 bits per heavy atom. The summed E-state index contributed by atoms with van der Waals surface area (Å²) in [7, 11) is 0. The van der Waals surface area contributed by atoms with E-state index in [1.54, 1.807) is 24.3 Å². The third-order valence-electron chi connectivity index (χ3n) is 3.07. The van der Waals surface area contributed by atoms with Crippen molar-refractivity contribution in [1.82, 2.24) is 5.32 Å². The number of amides is 1. The summed E-state index contributed by atoms with van der Waals surface area (Å²) >= 11 is 0. The van der Waals surface area contributed by atoms with Crippen molar-refractivity contribution in [1.29, 1.82) is 0 Å². The first-order valence-electron chi connectivity index (χ1n) is 6.49. The molecule has 0 saturated heterocycles. The Hall–Kier alpha value is -2.27. The van der Waals surface area contributed by atoms with Gasteiger partial charge in [-0.3, -0.25) is 4.79 Å². The van der Waals surface area contributed by atoms with Crippen LogP contribution in [0.5, 0.6) is 0 Å². The Morgan fingerprint density at radius 3 is 2.43 bits per heavy atom. The Morgan fingerprint density at radius 1 is 1.10 bits per heavy atom. The smallest absolute Gasteiger partial charge is 0.224 e. The van der Waals surface area contributed by atoms with Crippen LogP contribution in [0.3, 0.4) is 0 Å². The van der Waals surface area contributed by atoms with Gasteiger partial charge in [-0.2, -0.15) is 0 Å². The molecule has 5 heteroatoms. The maximum atomic E-state index is 13.1. The van der Waals surface area contributed by atoms with Crippen molar-refractivity contribution in [2.24, 2.45) is 0 Å². The van der Waals surface area contributed by atoms with Gasteiger partial charge in [-0.1, -0.05) is 36.4 Å². The van der Waals surface area contributed by atoms with Crippen molar-refractivity contribution >= 4 is 5.91 Å². The van der Waals surface area contributed by atoms with Gasteiger partial charge in [0.15, 0.2) is 11.6 Å². The molecule has 0 aliphatic heterocycles. The molecule has 1 atom stereocenters. The summed E-state index contributed by atoms with van der Waals surface area (Å²) < 4.78 is 25.9. The lowest BCUT2D eigenvalue weighted by Crippen LogP contribution is -2.31. The van der Waals surface area contributed by atoms with Crippen LogP contribution in [0.1, 0.15) is 17.2 Å². The van der Waals surface area contributed by atoms with Crippen LogP contribution in [0.15, 0.2) is 48.5 Å². The molecule has 0 fully saturated rings. The van der Waals surface area contributed by atoms with Crippen molar-refractivity contribution in [3.05, 3.63) is 71.3 Å². The molecule has 2 aromatic carbocycles. The lowest BCUT2D eigenvalue weighted by Gasteiger charge is -2.16. The molecule has 0 bridgehead atoms. The zero-order valence-corrected chi connectivity index (χ0v) is 11.2. The first kappa shape index (κ1) is 15.1. The van der Waals surface area contributed by atoms with E-state index in [-0.39, 0.29) is 18.9 Å². The maximum Gasteiger partial charge on any atom is 0.224 e. The molecular weight excluding hydrogens is 276 g/mol. The fourth-order valence-corrected chi connectivity index (χ4v) is 2.00. The molecule has 0 unspecified atom stereocenters. The van der Waals surface area contributed by atoms with E-state index in [4.69, 9.17) is 0 Å². The van der Waals surface area contributed by atoms with Crippen LogP contribution in [-0.2, 0) is 11.2 Å². The van der Waals surface area contributed by atoms with Crippen molar-refractivity contribution < 1.29 is 18.7 Å². The highest BCUT2D eigenvalue weighted by molar-refractivity contribution is 5.79. The molecule has 0 radical (unpaired) electrons. The Bertz CT molecular complexity index is 617. The molecule has 1 amide bonds. The molecule has 2 rings (SSSR count). The second-order valence-corrected chi connectivity index (χ2v) is 4.64. The van der Waals surface area contributed by atoms with Crippen LogP contribution in [-0.4, -0.2) is 17.6 Å². The molecule has 0 aliphatic carbocycles. The molecule has 21 heavy (non-hydrogen) atoms. The van der Waals surface area contributed by atoms with Crippen LogP contribution in [0.4, 0.5) is 8.78 Å². The van der Waals surface area contributed by atoms with Gasteiger partial charge in [-0.25, -0.2) is 8.78 Å². The highest BCUT2D eigenvalue weighted by Gasteiger charge is 2.14. The van der Waals surface area contributed by atoms with E-state index in [0.29, 0.717) is 5.56 Å². The van der Waals surface area contributed by atoms with E-state index >= 15 is 0 Å². The number of carbonyl (C=O) groups is 1. The van der Waals surface area contributed by atoms with E-state index in [0.717, 1.165) is 17.7 Å². The number of carbonyl (C=O) groups excluding carboxylic acids is 1. The lowest BCUT2D eigenvalue weighted by atomic mass is 10.1. The Balaban J connectivity index is 2.01. The maximum absolute atomic E-state index is 13.1. The molecule has 2 N–H and O–H groups in total. The van der Waals surface area contributed by atoms with E-state index in [9.17, 15) is 18.7 Å². The van der Waals surface area contributed by atoms with E-state index in [2.05, 4.69) is 5.32 Å². The second kappa shape index (κ2) is 6.95. The molecular formula is C16H15F2NO2. The molecule has 0 saturated carbocycles. The average Bonchev–Trinajstić information content (AvgIpc) is 2.49. The first-order valence-corrected chi connectivity index (χ1v) is 6.49. The minimum atomic E-state index is -0.984. The number of hydrogen-bond donors (Lipinski definition) is 2. The summed E-state index contributed by atoms with van der Waals surface area (Å²) in [5, 5.41) is 12.0. The van der Waals surface area contributed by atoms with Crippen LogP contribution >= 0.6 is 0 Å². The zero-order chi connectivity index (χ0) is 15.2. The fourth-order valence-electron chi connectivity index (χ4n) is 2.00. The van der Waals surface area contributed by atoms with Crippen molar-refractivity contribution in [2.75, 3.05) is 6.61 Å². The Labute approximate surface area is 121 Å². The number of hydrogen-bond acceptors (Lipinski definition) is 2. The third-order valence-corrected chi connectivity index (χ3v) is 3.07.